The van der Waals surface area contributed by atoms with Crippen LogP contribution in [0.2, 0.25) is 0 Å². The third kappa shape index (κ3) is 3.20. The number of alkyl halides is 3. The minimum absolute atomic E-state index is 0.0504. The van der Waals surface area contributed by atoms with Crippen LogP contribution in [0.4, 0.5) is 13.2 Å². The number of likely N-dealkylation sites (tertiary alicyclic amines) is 1. The Balaban J connectivity index is 1.72. The van der Waals surface area contributed by atoms with Crippen LogP contribution < -0.4 is 0 Å². The van der Waals surface area contributed by atoms with Crippen LogP contribution in [-0.4, -0.2) is 27.5 Å². The zero-order valence-corrected chi connectivity index (χ0v) is 12.3. The third-order valence-electron chi connectivity index (χ3n) is 3.82. The van der Waals surface area contributed by atoms with Crippen molar-refractivity contribution in [1.29, 1.82) is 0 Å². The van der Waals surface area contributed by atoms with Crippen molar-refractivity contribution in [1.82, 2.24) is 15.0 Å². The summed E-state index contributed by atoms with van der Waals surface area (Å²) in [6, 6.07) is 6.72. The lowest BCUT2D eigenvalue weighted by atomic mass is 10.1. The van der Waals surface area contributed by atoms with Crippen molar-refractivity contribution in [2.24, 2.45) is 5.92 Å². The number of amides is 1. The van der Waals surface area contributed by atoms with Crippen molar-refractivity contribution in [3.63, 3.8) is 0 Å². The van der Waals surface area contributed by atoms with Gasteiger partial charge in [0.05, 0.1) is 0 Å². The first kappa shape index (κ1) is 15.5. The number of nitrogens with zero attached hydrogens (tertiary/aromatic N) is 3. The number of carbonyl (C=O) groups excluding carboxylic acids is 1. The molecule has 1 saturated heterocycles. The molecule has 23 heavy (non-hydrogen) atoms. The van der Waals surface area contributed by atoms with Gasteiger partial charge in [0, 0.05) is 24.6 Å². The summed E-state index contributed by atoms with van der Waals surface area (Å²) in [5.74, 6) is -1.31. The lowest BCUT2D eigenvalue weighted by Crippen LogP contribution is -2.26. The van der Waals surface area contributed by atoms with Gasteiger partial charge in [0.2, 0.25) is 11.7 Å². The van der Waals surface area contributed by atoms with E-state index in [9.17, 15) is 18.0 Å². The number of rotatable bonds is 3. The van der Waals surface area contributed by atoms with Crippen LogP contribution in [0, 0.1) is 5.92 Å². The summed E-state index contributed by atoms with van der Waals surface area (Å²) >= 11 is 0. The number of aromatic nitrogens is 2. The Morgan fingerprint density at radius 3 is 2.52 bits per heavy atom. The van der Waals surface area contributed by atoms with Crippen molar-refractivity contribution in [3.8, 4) is 11.4 Å². The first-order chi connectivity index (χ1) is 10.8. The monoisotopic (exact) mass is 325 g/mol. The Morgan fingerprint density at radius 1 is 1.30 bits per heavy atom. The Labute approximate surface area is 130 Å². The molecule has 2 aromatic rings. The van der Waals surface area contributed by atoms with Crippen molar-refractivity contribution < 1.29 is 22.5 Å². The highest BCUT2D eigenvalue weighted by molar-refractivity contribution is 5.80. The maximum Gasteiger partial charge on any atom is 0.471 e. The molecule has 122 valence electrons. The molecule has 8 heteroatoms. The summed E-state index contributed by atoms with van der Waals surface area (Å²) in [7, 11) is 0. The SMILES string of the molecule is CC1CCN(Cc2ccc(-c3noc(C(F)(F)F)n3)cc2)C1=O. The summed E-state index contributed by atoms with van der Waals surface area (Å²) in [4.78, 5) is 17.0. The fourth-order valence-electron chi connectivity index (χ4n) is 2.49. The molecular formula is C15H14F3N3O2. The van der Waals surface area contributed by atoms with Crippen LogP contribution in [0.25, 0.3) is 11.4 Å². The largest absolute Gasteiger partial charge is 0.471 e. The molecule has 0 bridgehead atoms. The standard InChI is InChI=1S/C15H14F3N3O2/c1-9-6-7-21(13(9)22)8-10-2-4-11(5-3-10)12-19-14(23-20-12)15(16,17)18/h2-5,9H,6-8H2,1H3. The van der Waals surface area contributed by atoms with Gasteiger partial charge in [-0.05, 0) is 12.0 Å². The van der Waals surface area contributed by atoms with Crippen molar-refractivity contribution in [2.75, 3.05) is 6.54 Å². The summed E-state index contributed by atoms with van der Waals surface area (Å²) in [5.41, 5.74) is 1.32. The lowest BCUT2D eigenvalue weighted by Gasteiger charge is -2.16. The van der Waals surface area contributed by atoms with Crippen molar-refractivity contribution in [3.05, 3.63) is 35.7 Å². The molecule has 0 spiro atoms. The number of hydrogen-bond acceptors (Lipinski definition) is 4. The molecule has 1 atom stereocenters. The number of carbonyl (C=O) groups is 1. The molecule has 1 aromatic heterocycles. The molecular weight excluding hydrogens is 311 g/mol. The zero-order valence-electron chi connectivity index (χ0n) is 12.3. The molecule has 1 aliphatic heterocycles. The van der Waals surface area contributed by atoms with E-state index in [1.165, 1.54) is 0 Å². The summed E-state index contributed by atoms with van der Waals surface area (Å²) in [6.45, 7) is 3.12. The molecule has 0 aliphatic carbocycles. The molecule has 2 heterocycles. The molecule has 1 aromatic carbocycles. The first-order valence-electron chi connectivity index (χ1n) is 7.13. The molecule has 1 aliphatic rings. The van der Waals surface area contributed by atoms with Gasteiger partial charge >= 0.3 is 12.1 Å². The summed E-state index contributed by atoms with van der Waals surface area (Å²) < 4.78 is 41.5. The van der Waals surface area contributed by atoms with E-state index in [2.05, 4.69) is 14.7 Å². The third-order valence-corrected chi connectivity index (χ3v) is 3.82. The van der Waals surface area contributed by atoms with Crippen LogP contribution >= 0.6 is 0 Å². The first-order valence-corrected chi connectivity index (χ1v) is 7.13. The van der Waals surface area contributed by atoms with Crippen molar-refractivity contribution >= 4 is 5.91 Å². The van der Waals surface area contributed by atoms with E-state index in [4.69, 9.17) is 0 Å². The average molecular weight is 325 g/mol. The Hall–Kier alpha value is -2.38. The number of benzene rings is 1. The van der Waals surface area contributed by atoms with Crippen LogP contribution in [0.5, 0.6) is 0 Å². The van der Waals surface area contributed by atoms with E-state index in [1.54, 1.807) is 29.2 Å². The highest BCUT2D eigenvalue weighted by atomic mass is 19.4. The molecule has 0 radical (unpaired) electrons. The fraction of sp³-hybridized carbons (Fsp3) is 0.400. The minimum Gasteiger partial charge on any atom is -0.338 e. The van der Waals surface area contributed by atoms with Gasteiger partial charge < -0.3 is 9.42 Å². The van der Waals surface area contributed by atoms with Crippen LogP contribution in [0.1, 0.15) is 24.8 Å². The van der Waals surface area contributed by atoms with Gasteiger partial charge in [-0.25, -0.2) is 0 Å². The highest BCUT2D eigenvalue weighted by Crippen LogP contribution is 2.29. The second-order valence-electron chi connectivity index (χ2n) is 5.57. The van der Waals surface area contributed by atoms with Gasteiger partial charge in [-0.3, -0.25) is 4.79 Å². The van der Waals surface area contributed by atoms with E-state index in [-0.39, 0.29) is 17.6 Å². The van der Waals surface area contributed by atoms with E-state index in [1.807, 2.05) is 6.92 Å². The second kappa shape index (κ2) is 5.68. The predicted octanol–water partition coefficient (Wildman–Crippen LogP) is 3.12. The normalized spacial score (nSPS) is 18.7. The van der Waals surface area contributed by atoms with Gasteiger partial charge in [0.1, 0.15) is 0 Å². The minimum atomic E-state index is -4.65. The van der Waals surface area contributed by atoms with Crippen molar-refractivity contribution in [2.45, 2.75) is 26.1 Å². The maximum atomic E-state index is 12.4. The molecule has 1 unspecified atom stereocenters. The number of halogens is 3. The lowest BCUT2D eigenvalue weighted by molar-refractivity contribution is -0.159. The van der Waals surface area contributed by atoms with Crippen LogP contribution in [-0.2, 0) is 17.5 Å². The summed E-state index contributed by atoms with van der Waals surface area (Å²) in [6.07, 6.45) is -3.81. The quantitative estimate of drug-likeness (QED) is 0.870. The molecule has 1 amide bonds. The van der Waals surface area contributed by atoms with E-state index in [0.29, 0.717) is 12.1 Å². The molecule has 3 rings (SSSR count). The van der Waals surface area contributed by atoms with Gasteiger partial charge in [-0.2, -0.15) is 18.2 Å². The van der Waals surface area contributed by atoms with E-state index >= 15 is 0 Å². The number of hydrogen-bond donors (Lipinski definition) is 0. The smallest absolute Gasteiger partial charge is 0.338 e. The topological polar surface area (TPSA) is 59.2 Å². The van der Waals surface area contributed by atoms with Crippen LogP contribution in [0.3, 0.4) is 0 Å². The maximum absolute atomic E-state index is 12.4. The Morgan fingerprint density at radius 2 is 2.00 bits per heavy atom. The van der Waals surface area contributed by atoms with Crippen LogP contribution in [0.15, 0.2) is 28.8 Å². The highest BCUT2D eigenvalue weighted by Gasteiger charge is 2.38. The van der Waals surface area contributed by atoms with E-state index < -0.39 is 12.1 Å². The Kier molecular flexibility index (Phi) is 3.83. The predicted molar refractivity (Wildman–Crippen MR) is 73.9 cm³/mol. The fourth-order valence-corrected chi connectivity index (χ4v) is 2.49. The molecule has 1 fully saturated rings. The zero-order chi connectivity index (χ0) is 16.6. The average Bonchev–Trinajstić information content (AvgIpc) is 3.11. The Bertz CT molecular complexity index is 710. The molecule has 0 saturated carbocycles. The molecule has 5 nitrogen and oxygen atoms in total. The van der Waals surface area contributed by atoms with E-state index in [0.717, 1.165) is 18.5 Å². The summed E-state index contributed by atoms with van der Waals surface area (Å²) in [5, 5.41) is 3.34. The van der Waals surface area contributed by atoms with Gasteiger partial charge in [0.15, 0.2) is 0 Å². The second-order valence-corrected chi connectivity index (χ2v) is 5.57. The van der Waals surface area contributed by atoms with Gasteiger partial charge in [-0.1, -0.05) is 36.3 Å². The molecule has 0 N–H and O–H groups in total. The van der Waals surface area contributed by atoms with Gasteiger partial charge in [-0.15, -0.1) is 0 Å². The van der Waals surface area contributed by atoms with Gasteiger partial charge in [0.25, 0.3) is 0 Å².